The van der Waals surface area contributed by atoms with Gasteiger partial charge in [-0.1, -0.05) is 57.4 Å². The molecule has 3 aromatic rings. The van der Waals surface area contributed by atoms with Crippen molar-refractivity contribution in [1.82, 2.24) is 14.7 Å². The maximum Gasteiger partial charge on any atom is 0.259 e. The molecule has 1 atom stereocenters. The summed E-state index contributed by atoms with van der Waals surface area (Å²) in [5.41, 5.74) is 4.55. The van der Waals surface area contributed by atoms with Gasteiger partial charge in [-0.15, -0.1) is 11.3 Å². The Morgan fingerprint density at radius 2 is 1.90 bits per heavy atom. The molecule has 2 heterocycles. The van der Waals surface area contributed by atoms with E-state index >= 15 is 0 Å². The first kappa shape index (κ1) is 20.3. The van der Waals surface area contributed by atoms with Gasteiger partial charge < -0.3 is 5.32 Å². The van der Waals surface area contributed by atoms with E-state index in [1.165, 1.54) is 54.6 Å². The summed E-state index contributed by atoms with van der Waals surface area (Å²) in [6.07, 6.45) is 6.78. The zero-order chi connectivity index (χ0) is 20.4. The van der Waals surface area contributed by atoms with Gasteiger partial charge in [0.2, 0.25) is 0 Å². The fourth-order valence-electron chi connectivity index (χ4n) is 4.56. The molecule has 0 spiro atoms. The van der Waals surface area contributed by atoms with E-state index in [1.807, 2.05) is 12.3 Å². The van der Waals surface area contributed by atoms with Crippen LogP contribution in [0.15, 0.2) is 40.5 Å². The predicted molar refractivity (Wildman–Crippen MR) is 121 cm³/mol. The van der Waals surface area contributed by atoms with E-state index in [2.05, 4.69) is 48.4 Å². The fraction of sp³-hybridized carbons (Fsp3) is 0.500. The Bertz CT molecular complexity index is 1010. The van der Waals surface area contributed by atoms with E-state index in [0.717, 1.165) is 22.3 Å². The lowest BCUT2D eigenvalue weighted by atomic mass is 9.83. The van der Waals surface area contributed by atoms with E-state index in [4.69, 9.17) is 0 Å². The minimum absolute atomic E-state index is 0.00322. The predicted octanol–water partition coefficient (Wildman–Crippen LogP) is 5.60. The van der Waals surface area contributed by atoms with Crippen LogP contribution in [0.5, 0.6) is 0 Å². The van der Waals surface area contributed by atoms with Crippen LogP contribution in [0, 0.1) is 12.8 Å². The topological polar surface area (TPSA) is 46.4 Å². The third kappa shape index (κ3) is 4.46. The van der Waals surface area contributed by atoms with Crippen LogP contribution in [0.2, 0.25) is 0 Å². The quantitative estimate of drug-likeness (QED) is 0.576. The number of thiazole rings is 1. The summed E-state index contributed by atoms with van der Waals surface area (Å²) in [7, 11) is 0. The third-order valence-electron chi connectivity index (χ3n) is 6.17. The van der Waals surface area contributed by atoms with Crippen LogP contribution < -0.4 is 10.9 Å². The van der Waals surface area contributed by atoms with Crippen molar-refractivity contribution in [1.29, 1.82) is 0 Å². The summed E-state index contributed by atoms with van der Waals surface area (Å²) in [6, 6.07) is 11.1. The molecule has 1 aromatic carbocycles. The molecule has 1 fully saturated rings. The third-order valence-corrected chi connectivity index (χ3v) is 7.11. The summed E-state index contributed by atoms with van der Waals surface area (Å²) in [5.74, 6) is 1.19. The van der Waals surface area contributed by atoms with Crippen molar-refractivity contribution in [3.05, 3.63) is 68.6 Å². The first-order valence-corrected chi connectivity index (χ1v) is 11.7. The van der Waals surface area contributed by atoms with Crippen LogP contribution in [0.25, 0.3) is 4.96 Å². The number of nitrogens with one attached hydrogen (secondary N) is 1. The van der Waals surface area contributed by atoms with E-state index in [0.29, 0.717) is 12.5 Å². The minimum Gasteiger partial charge on any atom is -0.304 e. The van der Waals surface area contributed by atoms with Crippen LogP contribution in [-0.4, -0.2) is 9.38 Å². The molecule has 154 valence electrons. The van der Waals surface area contributed by atoms with Crippen molar-refractivity contribution in [2.24, 2.45) is 5.92 Å². The monoisotopic (exact) mass is 409 g/mol. The molecular formula is C24H31N3OS. The summed E-state index contributed by atoms with van der Waals surface area (Å²) in [6.45, 7) is 7.01. The highest BCUT2D eigenvalue weighted by atomic mass is 32.1. The number of rotatable bonds is 6. The highest BCUT2D eigenvalue weighted by molar-refractivity contribution is 7.15. The molecule has 5 heteroatoms. The van der Waals surface area contributed by atoms with Gasteiger partial charge >= 0.3 is 0 Å². The largest absolute Gasteiger partial charge is 0.304 e. The summed E-state index contributed by atoms with van der Waals surface area (Å²) in [5, 5.41) is 5.62. The minimum atomic E-state index is 0.00322. The number of nitrogens with zero attached hydrogens (tertiary/aromatic N) is 2. The second-order valence-corrected chi connectivity index (χ2v) is 9.52. The second kappa shape index (κ2) is 8.80. The zero-order valence-corrected chi connectivity index (χ0v) is 18.5. The van der Waals surface area contributed by atoms with E-state index in [1.54, 1.807) is 10.5 Å². The number of fused-ring (bicyclic) bond motifs is 1. The Hall–Kier alpha value is -1.98. The highest BCUT2D eigenvalue weighted by Crippen LogP contribution is 2.33. The maximum absolute atomic E-state index is 12.4. The van der Waals surface area contributed by atoms with Crippen molar-refractivity contribution in [2.75, 3.05) is 0 Å². The van der Waals surface area contributed by atoms with Crippen molar-refractivity contribution >= 4 is 16.3 Å². The molecule has 1 aliphatic rings. The van der Waals surface area contributed by atoms with Crippen molar-refractivity contribution < 1.29 is 0 Å². The van der Waals surface area contributed by atoms with Crippen LogP contribution in [-0.2, 0) is 6.54 Å². The molecule has 4 rings (SSSR count). The summed E-state index contributed by atoms with van der Waals surface area (Å²) >= 11 is 1.52. The fourth-order valence-corrected chi connectivity index (χ4v) is 5.45. The Morgan fingerprint density at radius 3 is 2.59 bits per heavy atom. The average Bonchev–Trinajstić information content (AvgIpc) is 3.10. The first-order chi connectivity index (χ1) is 14.0. The van der Waals surface area contributed by atoms with Crippen molar-refractivity contribution in [3.8, 4) is 0 Å². The first-order valence-electron chi connectivity index (χ1n) is 10.8. The van der Waals surface area contributed by atoms with Crippen molar-refractivity contribution in [3.63, 3.8) is 0 Å². The molecule has 1 aliphatic carbocycles. The van der Waals surface area contributed by atoms with Gasteiger partial charge in [0.25, 0.3) is 5.56 Å². The molecule has 1 N–H and O–H groups in total. The van der Waals surface area contributed by atoms with Gasteiger partial charge in [-0.2, -0.15) is 0 Å². The average molecular weight is 410 g/mol. The molecule has 0 saturated heterocycles. The van der Waals surface area contributed by atoms with E-state index in [9.17, 15) is 4.79 Å². The molecule has 1 saturated carbocycles. The number of aryl methyl sites for hydroxylation is 1. The number of benzene rings is 1. The zero-order valence-electron chi connectivity index (χ0n) is 17.6. The van der Waals surface area contributed by atoms with E-state index < -0.39 is 0 Å². The van der Waals surface area contributed by atoms with Crippen LogP contribution in [0.3, 0.4) is 0 Å². The second-order valence-electron chi connectivity index (χ2n) is 8.68. The maximum atomic E-state index is 12.4. The molecule has 0 bridgehead atoms. The Balaban J connectivity index is 1.49. The molecule has 2 aromatic heterocycles. The standard InChI is InChI=1S/C24H31N3OS/c1-16(2)23(20-11-9-19(10-12-20)18-7-5-4-6-8-18)25-14-21-13-22(28)27-17(3)15-29-24(27)26-21/h9-13,15-16,18,23,25H,4-8,14H2,1-3H3/t23-/m0/s1. The molecule has 0 unspecified atom stereocenters. The lowest BCUT2D eigenvalue weighted by molar-refractivity contribution is 0.408. The normalized spacial score (nSPS) is 16.6. The summed E-state index contributed by atoms with van der Waals surface area (Å²) < 4.78 is 1.68. The number of hydrogen-bond acceptors (Lipinski definition) is 4. The van der Waals surface area contributed by atoms with Crippen LogP contribution in [0.4, 0.5) is 0 Å². The van der Waals surface area contributed by atoms with Crippen LogP contribution in [0.1, 0.15) is 80.4 Å². The Morgan fingerprint density at radius 1 is 1.17 bits per heavy atom. The summed E-state index contributed by atoms with van der Waals surface area (Å²) in [4.78, 5) is 17.9. The molecule has 4 nitrogen and oxygen atoms in total. The van der Waals surface area contributed by atoms with Gasteiger partial charge in [0.05, 0.1) is 5.69 Å². The molecule has 0 amide bonds. The van der Waals surface area contributed by atoms with Gasteiger partial charge in [0, 0.05) is 29.7 Å². The SMILES string of the molecule is Cc1csc2nc(CN[C@H](c3ccc(C4CCCCC4)cc3)C(C)C)cc(=O)n12. The van der Waals surface area contributed by atoms with E-state index in [-0.39, 0.29) is 11.6 Å². The van der Waals surface area contributed by atoms with Gasteiger partial charge in [-0.3, -0.25) is 9.20 Å². The smallest absolute Gasteiger partial charge is 0.259 e. The molecule has 0 aliphatic heterocycles. The highest BCUT2D eigenvalue weighted by Gasteiger charge is 2.19. The van der Waals surface area contributed by atoms with Gasteiger partial charge in [0.15, 0.2) is 4.96 Å². The molecule has 0 radical (unpaired) electrons. The van der Waals surface area contributed by atoms with Crippen molar-refractivity contribution in [2.45, 2.75) is 71.4 Å². The lowest BCUT2D eigenvalue weighted by Gasteiger charge is -2.25. The Labute approximate surface area is 177 Å². The molecule has 29 heavy (non-hydrogen) atoms. The van der Waals surface area contributed by atoms with Gasteiger partial charge in [0.1, 0.15) is 0 Å². The van der Waals surface area contributed by atoms with Gasteiger partial charge in [-0.25, -0.2) is 4.98 Å². The van der Waals surface area contributed by atoms with Gasteiger partial charge in [-0.05, 0) is 42.7 Å². The molecular weight excluding hydrogens is 378 g/mol. The number of hydrogen-bond donors (Lipinski definition) is 1. The number of aromatic nitrogens is 2. The lowest BCUT2D eigenvalue weighted by Crippen LogP contribution is -2.27. The van der Waals surface area contributed by atoms with Crippen LogP contribution >= 0.6 is 11.3 Å². The Kier molecular flexibility index (Phi) is 6.16.